The molecule has 1 N–H and O–H groups in total. The van der Waals surface area contributed by atoms with Crippen molar-refractivity contribution in [3.63, 3.8) is 0 Å². The van der Waals surface area contributed by atoms with Crippen molar-refractivity contribution in [2.45, 2.75) is 19.8 Å². The number of carbonyl (C=O) groups is 1. The SMILES string of the molecule is Cc1cc(CCC(=O)O)c2cc(F)c(F)c(F)c2n1. The molecule has 0 amide bonds. The monoisotopic (exact) mass is 269 g/mol. The van der Waals surface area contributed by atoms with E-state index in [2.05, 4.69) is 4.98 Å². The summed E-state index contributed by atoms with van der Waals surface area (Å²) in [6.07, 6.45) is -0.0845. The molecule has 19 heavy (non-hydrogen) atoms. The van der Waals surface area contributed by atoms with E-state index in [1.54, 1.807) is 13.0 Å². The summed E-state index contributed by atoms with van der Waals surface area (Å²) in [7, 11) is 0. The van der Waals surface area contributed by atoms with Crippen molar-refractivity contribution in [2.75, 3.05) is 0 Å². The highest BCUT2D eigenvalue weighted by atomic mass is 19.2. The van der Waals surface area contributed by atoms with Crippen LogP contribution in [-0.4, -0.2) is 16.1 Å². The van der Waals surface area contributed by atoms with Crippen molar-refractivity contribution in [3.8, 4) is 0 Å². The van der Waals surface area contributed by atoms with E-state index in [4.69, 9.17) is 5.11 Å². The first-order valence-corrected chi connectivity index (χ1v) is 5.55. The van der Waals surface area contributed by atoms with E-state index in [0.29, 0.717) is 11.3 Å². The Morgan fingerprint density at radius 3 is 2.58 bits per heavy atom. The summed E-state index contributed by atoms with van der Waals surface area (Å²) in [4.78, 5) is 14.4. The second kappa shape index (κ2) is 4.87. The highest BCUT2D eigenvalue weighted by Crippen LogP contribution is 2.26. The van der Waals surface area contributed by atoms with Crippen molar-refractivity contribution >= 4 is 16.9 Å². The quantitative estimate of drug-likeness (QED) is 0.871. The van der Waals surface area contributed by atoms with E-state index >= 15 is 0 Å². The summed E-state index contributed by atoms with van der Waals surface area (Å²) in [6, 6.07) is 2.39. The van der Waals surface area contributed by atoms with Crippen LogP contribution in [0.15, 0.2) is 12.1 Å². The van der Waals surface area contributed by atoms with Crippen molar-refractivity contribution in [1.29, 1.82) is 0 Å². The first kappa shape index (κ1) is 13.3. The molecule has 3 nitrogen and oxygen atoms in total. The van der Waals surface area contributed by atoms with E-state index in [1.807, 2.05) is 0 Å². The molecule has 100 valence electrons. The topological polar surface area (TPSA) is 50.2 Å². The molecular weight excluding hydrogens is 259 g/mol. The van der Waals surface area contributed by atoms with E-state index in [0.717, 1.165) is 6.07 Å². The molecule has 0 unspecified atom stereocenters. The number of hydrogen-bond donors (Lipinski definition) is 1. The number of hydrogen-bond acceptors (Lipinski definition) is 2. The van der Waals surface area contributed by atoms with Crippen LogP contribution in [-0.2, 0) is 11.2 Å². The maximum Gasteiger partial charge on any atom is 0.303 e. The van der Waals surface area contributed by atoms with E-state index < -0.39 is 23.4 Å². The van der Waals surface area contributed by atoms with Crippen molar-refractivity contribution in [3.05, 3.63) is 40.8 Å². The Morgan fingerprint density at radius 1 is 1.26 bits per heavy atom. The molecule has 0 saturated carbocycles. The predicted molar refractivity (Wildman–Crippen MR) is 62.3 cm³/mol. The van der Waals surface area contributed by atoms with Crippen LogP contribution in [0.3, 0.4) is 0 Å². The number of aliphatic carboxylic acids is 1. The summed E-state index contributed by atoms with van der Waals surface area (Å²) in [5, 5.41) is 8.75. The number of halogens is 3. The van der Waals surface area contributed by atoms with Crippen LogP contribution in [0, 0.1) is 24.4 Å². The highest BCUT2D eigenvalue weighted by molar-refractivity contribution is 5.83. The lowest BCUT2D eigenvalue weighted by atomic mass is 10.0. The van der Waals surface area contributed by atoms with Gasteiger partial charge in [0, 0.05) is 17.5 Å². The molecule has 2 aromatic rings. The number of carboxylic acids is 1. The smallest absolute Gasteiger partial charge is 0.303 e. The highest BCUT2D eigenvalue weighted by Gasteiger charge is 2.17. The van der Waals surface area contributed by atoms with E-state index in [1.165, 1.54) is 0 Å². The fourth-order valence-corrected chi connectivity index (χ4v) is 1.93. The van der Waals surface area contributed by atoms with Crippen molar-refractivity contribution in [1.82, 2.24) is 4.98 Å². The minimum absolute atomic E-state index is 0.0969. The van der Waals surface area contributed by atoms with Gasteiger partial charge in [-0.1, -0.05) is 0 Å². The molecule has 6 heteroatoms. The molecule has 0 fully saturated rings. The molecule has 1 aromatic carbocycles. The summed E-state index contributed by atoms with van der Waals surface area (Å²) in [6.45, 7) is 1.57. The standard InChI is InChI=1S/C13H10F3NO2/c1-6-4-7(2-3-10(18)19)8-5-9(14)11(15)12(16)13(8)17-6/h4-5H,2-3H2,1H3,(H,18,19). The third-order valence-electron chi connectivity index (χ3n) is 2.76. The molecule has 0 atom stereocenters. The van der Waals surface area contributed by atoms with Crippen molar-refractivity contribution in [2.24, 2.45) is 0 Å². The minimum Gasteiger partial charge on any atom is -0.481 e. The number of fused-ring (bicyclic) bond motifs is 1. The number of rotatable bonds is 3. The van der Waals surface area contributed by atoms with E-state index in [-0.39, 0.29) is 23.7 Å². The fourth-order valence-electron chi connectivity index (χ4n) is 1.93. The summed E-state index contributed by atoms with van der Waals surface area (Å²) in [5.41, 5.74) is 0.569. The maximum absolute atomic E-state index is 13.6. The maximum atomic E-state index is 13.6. The first-order chi connectivity index (χ1) is 8.90. The van der Waals surface area contributed by atoms with Gasteiger partial charge in [0.1, 0.15) is 5.52 Å². The van der Waals surface area contributed by atoms with Gasteiger partial charge >= 0.3 is 5.97 Å². The summed E-state index contributed by atoms with van der Waals surface area (Å²) >= 11 is 0. The lowest BCUT2D eigenvalue weighted by molar-refractivity contribution is -0.136. The second-order valence-corrected chi connectivity index (χ2v) is 4.20. The van der Waals surface area contributed by atoms with Crippen molar-refractivity contribution < 1.29 is 23.1 Å². The lowest BCUT2D eigenvalue weighted by Crippen LogP contribution is -2.02. The predicted octanol–water partition coefficient (Wildman–Crippen LogP) is 2.98. The van der Waals surface area contributed by atoms with Crippen LogP contribution >= 0.6 is 0 Å². The van der Waals surface area contributed by atoms with Gasteiger partial charge in [-0.15, -0.1) is 0 Å². The molecular formula is C13H10F3NO2. The van der Waals surface area contributed by atoms with Crippen LogP contribution in [0.2, 0.25) is 0 Å². The fraction of sp³-hybridized carbons (Fsp3) is 0.231. The van der Waals surface area contributed by atoms with Gasteiger partial charge in [0.25, 0.3) is 0 Å². The summed E-state index contributed by atoms with van der Waals surface area (Å²) < 4.78 is 40.0. The largest absolute Gasteiger partial charge is 0.481 e. The number of carboxylic acid groups (broad SMARTS) is 1. The zero-order valence-corrected chi connectivity index (χ0v) is 10.0. The Labute approximate surface area is 106 Å². The van der Waals surface area contributed by atoms with Crippen LogP contribution < -0.4 is 0 Å². The average molecular weight is 269 g/mol. The zero-order chi connectivity index (χ0) is 14.2. The molecule has 0 saturated heterocycles. The third kappa shape index (κ3) is 2.52. The van der Waals surface area contributed by atoms with Crippen LogP contribution in [0.1, 0.15) is 17.7 Å². The first-order valence-electron chi connectivity index (χ1n) is 5.55. The Morgan fingerprint density at radius 2 is 1.95 bits per heavy atom. The minimum atomic E-state index is -1.57. The van der Waals surface area contributed by atoms with Gasteiger partial charge in [-0.05, 0) is 31.0 Å². The molecule has 0 aliphatic heterocycles. The van der Waals surface area contributed by atoms with Gasteiger partial charge in [0.2, 0.25) is 0 Å². The molecule has 0 radical (unpaired) electrons. The number of benzene rings is 1. The second-order valence-electron chi connectivity index (χ2n) is 4.20. The van der Waals surface area contributed by atoms with Crippen LogP contribution in [0.25, 0.3) is 10.9 Å². The molecule has 0 aliphatic rings. The number of nitrogens with zero attached hydrogens (tertiary/aromatic N) is 1. The number of aryl methyl sites for hydroxylation is 2. The van der Waals surface area contributed by atoms with E-state index in [9.17, 15) is 18.0 Å². The van der Waals surface area contributed by atoms with Gasteiger partial charge in [0.15, 0.2) is 17.5 Å². The summed E-state index contributed by atoms with van der Waals surface area (Å²) in [5.74, 6) is -5.26. The Bertz CT molecular complexity index is 671. The molecule has 1 aromatic heterocycles. The Kier molecular flexibility index (Phi) is 3.42. The molecule has 2 rings (SSSR count). The zero-order valence-electron chi connectivity index (χ0n) is 10.0. The van der Waals surface area contributed by atoms with Gasteiger partial charge in [-0.25, -0.2) is 18.2 Å². The average Bonchev–Trinajstić information content (AvgIpc) is 2.34. The van der Waals surface area contributed by atoms with Gasteiger partial charge < -0.3 is 5.11 Å². The number of pyridine rings is 1. The van der Waals surface area contributed by atoms with Gasteiger partial charge in [-0.2, -0.15) is 0 Å². The lowest BCUT2D eigenvalue weighted by Gasteiger charge is -2.08. The Balaban J connectivity index is 2.66. The molecule has 1 heterocycles. The Hall–Kier alpha value is -2.11. The third-order valence-corrected chi connectivity index (χ3v) is 2.76. The van der Waals surface area contributed by atoms with Crippen LogP contribution in [0.4, 0.5) is 13.2 Å². The number of aromatic nitrogens is 1. The van der Waals surface area contributed by atoms with Crippen LogP contribution in [0.5, 0.6) is 0 Å². The van der Waals surface area contributed by atoms with Gasteiger partial charge in [-0.3, -0.25) is 4.79 Å². The molecule has 0 aliphatic carbocycles. The van der Waals surface area contributed by atoms with Gasteiger partial charge in [0.05, 0.1) is 0 Å². The molecule has 0 bridgehead atoms. The molecule has 0 spiro atoms. The normalized spacial score (nSPS) is 10.9.